The number of rotatable bonds is 5. The molecule has 0 radical (unpaired) electrons. The number of aromatic hydroxyl groups is 3. The van der Waals surface area contributed by atoms with Crippen LogP contribution in [0.3, 0.4) is 0 Å². The molecule has 0 heterocycles. The molecule has 0 spiro atoms. The van der Waals surface area contributed by atoms with Gasteiger partial charge in [0, 0.05) is 11.8 Å². The van der Waals surface area contributed by atoms with E-state index in [1.54, 1.807) is 12.1 Å². The summed E-state index contributed by atoms with van der Waals surface area (Å²) in [7, 11) is 0. The number of phenols is 3. The summed E-state index contributed by atoms with van der Waals surface area (Å²) in [5.41, 5.74) is 2.06. The van der Waals surface area contributed by atoms with Crippen LogP contribution in [0.1, 0.15) is 11.1 Å². The average molecular weight is 335 g/mol. The van der Waals surface area contributed by atoms with E-state index in [1.165, 1.54) is 18.3 Å². The highest BCUT2D eigenvalue weighted by atomic mass is 16.5. The molecule has 5 heteroatoms. The molecule has 3 aromatic carbocycles. The Morgan fingerprint density at radius 1 is 0.800 bits per heavy atom. The van der Waals surface area contributed by atoms with Crippen LogP contribution in [-0.4, -0.2) is 21.5 Å². The zero-order valence-corrected chi connectivity index (χ0v) is 13.3. The minimum atomic E-state index is -0.561. The van der Waals surface area contributed by atoms with Gasteiger partial charge < -0.3 is 20.1 Å². The van der Waals surface area contributed by atoms with Crippen LogP contribution in [0.15, 0.2) is 71.7 Å². The molecule has 0 saturated carbocycles. The standard InChI is InChI=1S/C20H17NO4/c22-18-11-6-15(19(23)20(18)24)12-21-16-7-9-17(10-8-16)25-13-14-4-2-1-3-5-14/h1-12,22-24H,13H2. The van der Waals surface area contributed by atoms with E-state index in [0.717, 1.165) is 11.3 Å². The number of aliphatic imine (C=N–C) groups is 1. The zero-order valence-electron chi connectivity index (χ0n) is 13.3. The van der Waals surface area contributed by atoms with Crippen molar-refractivity contribution in [2.75, 3.05) is 0 Å². The molecule has 0 aromatic heterocycles. The molecule has 0 atom stereocenters. The molecule has 0 aliphatic heterocycles. The van der Waals surface area contributed by atoms with E-state index in [4.69, 9.17) is 4.74 Å². The molecular formula is C20H17NO4. The lowest BCUT2D eigenvalue weighted by atomic mass is 10.2. The maximum Gasteiger partial charge on any atom is 0.200 e. The van der Waals surface area contributed by atoms with Gasteiger partial charge >= 0.3 is 0 Å². The maximum absolute atomic E-state index is 9.76. The van der Waals surface area contributed by atoms with Crippen LogP contribution < -0.4 is 4.74 Å². The minimum Gasteiger partial charge on any atom is -0.504 e. The molecule has 3 rings (SSSR count). The van der Waals surface area contributed by atoms with E-state index < -0.39 is 11.5 Å². The SMILES string of the molecule is Oc1ccc(C=Nc2ccc(OCc3ccccc3)cc2)c(O)c1O. The summed E-state index contributed by atoms with van der Waals surface area (Å²) in [6, 6.07) is 19.8. The molecule has 0 aliphatic rings. The average Bonchev–Trinajstić information content (AvgIpc) is 2.66. The van der Waals surface area contributed by atoms with Gasteiger partial charge in [-0.05, 0) is 42.0 Å². The van der Waals surface area contributed by atoms with Gasteiger partial charge in [0.2, 0.25) is 5.75 Å². The van der Waals surface area contributed by atoms with Gasteiger partial charge in [0.1, 0.15) is 12.4 Å². The van der Waals surface area contributed by atoms with Crippen molar-refractivity contribution in [1.29, 1.82) is 0 Å². The first-order valence-corrected chi connectivity index (χ1v) is 7.68. The first-order valence-electron chi connectivity index (χ1n) is 7.68. The van der Waals surface area contributed by atoms with Crippen molar-refractivity contribution in [2.24, 2.45) is 4.99 Å². The molecule has 3 aromatic rings. The van der Waals surface area contributed by atoms with Crippen LogP contribution in [0.4, 0.5) is 5.69 Å². The molecule has 0 bridgehead atoms. The molecule has 0 unspecified atom stereocenters. The molecule has 0 aliphatic carbocycles. The Labute approximate surface area is 145 Å². The lowest BCUT2D eigenvalue weighted by Gasteiger charge is -2.06. The monoisotopic (exact) mass is 335 g/mol. The molecule has 0 amide bonds. The fourth-order valence-electron chi connectivity index (χ4n) is 2.20. The number of benzene rings is 3. The maximum atomic E-state index is 9.76. The van der Waals surface area contributed by atoms with Crippen LogP contribution in [0.5, 0.6) is 23.0 Å². The van der Waals surface area contributed by atoms with Crippen molar-refractivity contribution < 1.29 is 20.1 Å². The summed E-state index contributed by atoms with van der Waals surface area (Å²) in [5.74, 6) is -0.623. The fourth-order valence-corrected chi connectivity index (χ4v) is 2.20. The van der Waals surface area contributed by atoms with Gasteiger partial charge in [-0.25, -0.2) is 0 Å². The van der Waals surface area contributed by atoms with Crippen LogP contribution in [-0.2, 0) is 6.61 Å². The third kappa shape index (κ3) is 4.09. The first kappa shape index (κ1) is 16.4. The smallest absolute Gasteiger partial charge is 0.200 e. The van der Waals surface area contributed by atoms with E-state index in [2.05, 4.69) is 4.99 Å². The topological polar surface area (TPSA) is 82.3 Å². The lowest BCUT2D eigenvalue weighted by Crippen LogP contribution is -1.94. The van der Waals surface area contributed by atoms with Gasteiger partial charge in [-0.1, -0.05) is 30.3 Å². The number of hydrogen-bond donors (Lipinski definition) is 3. The summed E-state index contributed by atoms with van der Waals surface area (Å²) in [4.78, 5) is 4.23. The van der Waals surface area contributed by atoms with Crippen molar-refractivity contribution in [3.05, 3.63) is 77.9 Å². The van der Waals surface area contributed by atoms with Gasteiger partial charge in [-0.15, -0.1) is 0 Å². The Hall–Kier alpha value is -3.47. The quantitative estimate of drug-likeness (QED) is 0.483. The first-order chi connectivity index (χ1) is 12.1. The highest BCUT2D eigenvalue weighted by molar-refractivity contribution is 5.87. The summed E-state index contributed by atoms with van der Waals surface area (Å²) in [5, 5.41) is 28.6. The predicted molar refractivity (Wildman–Crippen MR) is 95.9 cm³/mol. The normalized spacial score (nSPS) is 10.9. The largest absolute Gasteiger partial charge is 0.504 e. The van der Waals surface area contributed by atoms with E-state index >= 15 is 0 Å². The van der Waals surface area contributed by atoms with Crippen LogP contribution in [0.2, 0.25) is 0 Å². The summed E-state index contributed by atoms with van der Waals surface area (Å²) >= 11 is 0. The van der Waals surface area contributed by atoms with Crippen LogP contribution >= 0.6 is 0 Å². The predicted octanol–water partition coefficient (Wildman–Crippen LogP) is 4.13. The van der Waals surface area contributed by atoms with Gasteiger partial charge in [0.05, 0.1) is 5.69 Å². The Bertz CT molecular complexity index is 874. The Kier molecular flexibility index (Phi) is 4.85. The Morgan fingerprint density at radius 2 is 1.52 bits per heavy atom. The number of hydrogen-bond acceptors (Lipinski definition) is 5. The van der Waals surface area contributed by atoms with Crippen molar-refractivity contribution in [3.8, 4) is 23.0 Å². The van der Waals surface area contributed by atoms with Gasteiger partial charge in [0.25, 0.3) is 0 Å². The van der Waals surface area contributed by atoms with E-state index in [0.29, 0.717) is 17.9 Å². The molecule has 25 heavy (non-hydrogen) atoms. The highest BCUT2D eigenvalue weighted by Gasteiger charge is 2.09. The molecule has 5 nitrogen and oxygen atoms in total. The number of phenolic OH excluding ortho intramolecular Hbond substituents is 3. The van der Waals surface area contributed by atoms with E-state index in [1.807, 2.05) is 42.5 Å². The van der Waals surface area contributed by atoms with Crippen molar-refractivity contribution >= 4 is 11.9 Å². The second kappa shape index (κ2) is 7.40. The Balaban J connectivity index is 1.65. The summed E-state index contributed by atoms with van der Waals surface area (Å²) in [6.07, 6.45) is 1.41. The van der Waals surface area contributed by atoms with E-state index in [-0.39, 0.29) is 5.75 Å². The van der Waals surface area contributed by atoms with Gasteiger partial charge in [0.15, 0.2) is 11.5 Å². The molecule has 126 valence electrons. The third-order valence-electron chi connectivity index (χ3n) is 3.60. The van der Waals surface area contributed by atoms with Gasteiger partial charge in [-0.3, -0.25) is 4.99 Å². The Morgan fingerprint density at radius 3 is 2.24 bits per heavy atom. The van der Waals surface area contributed by atoms with Gasteiger partial charge in [-0.2, -0.15) is 0 Å². The molecule has 0 saturated heterocycles. The second-order valence-corrected chi connectivity index (χ2v) is 5.40. The lowest BCUT2D eigenvalue weighted by molar-refractivity contribution is 0.306. The minimum absolute atomic E-state index is 0.305. The third-order valence-corrected chi connectivity index (χ3v) is 3.60. The highest BCUT2D eigenvalue weighted by Crippen LogP contribution is 2.36. The second-order valence-electron chi connectivity index (χ2n) is 5.40. The van der Waals surface area contributed by atoms with Crippen molar-refractivity contribution in [3.63, 3.8) is 0 Å². The number of nitrogens with zero attached hydrogens (tertiary/aromatic N) is 1. The van der Waals surface area contributed by atoms with Crippen LogP contribution in [0.25, 0.3) is 0 Å². The number of ether oxygens (including phenoxy) is 1. The molecule has 0 fully saturated rings. The van der Waals surface area contributed by atoms with Crippen molar-refractivity contribution in [2.45, 2.75) is 6.61 Å². The summed E-state index contributed by atoms with van der Waals surface area (Å²) < 4.78 is 5.71. The fraction of sp³-hybridized carbons (Fsp3) is 0.0500. The zero-order chi connectivity index (χ0) is 17.6. The summed E-state index contributed by atoms with van der Waals surface area (Å²) in [6.45, 7) is 0.490. The molecular weight excluding hydrogens is 318 g/mol. The van der Waals surface area contributed by atoms with E-state index in [9.17, 15) is 15.3 Å². The van der Waals surface area contributed by atoms with Crippen LogP contribution in [0, 0.1) is 0 Å². The molecule has 3 N–H and O–H groups in total. The van der Waals surface area contributed by atoms with Crippen molar-refractivity contribution in [1.82, 2.24) is 0 Å².